The molecular formula is C20H24F3N3O. The largest absolute Gasteiger partial charge is 0.439 e. The lowest BCUT2D eigenvalue weighted by molar-refractivity contribution is -0.141. The number of aryl methyl sites for hydroxylation is 1. The molecule has 0 N–H and O–H groups in total. The van der Waals surface area contributed by atoms with Gasteiger partial charge in [0.25, 0.3) is 0 Å². The Morgan fingerprint density at radius 1 is 1.00 bits per heavy atom. The Morgan fingerprint density at radius 2 is 1.70 bits per heavy atom. The quantitative estimate of drug-likeness (QED) is 0.756. The fourth-order valence-electron chi connectivity index (χ4n) is 3.05. The van der Waals surface area contributed by atoms with Crippen LogP contribution in [0.25, 0.3) is 0 Å². The van der Waals surface area contributed by atoms with Gasteiger partial charge in [-0.05, 0) is 50.2 Å². The molecule has 2 aromatic rings. The molecule has 146 valence electrons. The van der Waals surface area contributed by atoms with Crippen LogP contribution in [0, 0.1) is 0 Å². The first-order chi connectivity index (χ1) is 12.9. The summed E-state index contributed by atoms with van der Waals surface area (Å²) in [6.07, 6.45) is -2.43. The molecule has 0 bridgehead atoms. The molecule has 0 unspecified atom stereocenters. The van der Waals surface area contributed by atoms with E-state index in [9.17, 15) is 13.2 Å². The van der Waals surface area contributed by atoms with Gasteiger partial charge < -0.3 is 14.5 Å². The number of nitrogens with zero attached hydrogens (tertiary/aromatic N) is 3. The predicted octanol–water partition coefficient (Wildman–Crippen LogP) is 4.07. The van der Waals surface area contributed by atoms with Gasteiger partial charge in [-0.25, -0.2) is 4.98 Å². The zero-order valence-electron chi connectivity index (χ0n) is 15.4. The van der Waals surface area contributed by atoms with Crippen molar-refractivity contribution < 1.29 is 17.9 Å². The molecule has 0 amide bonds. The van der Waals surface area contributed by atoms with Crippen LogP contribution in [0.3, 0.4) is 0 Å². The van der Waals surface area contributed by atoms with Gasteiger partial charge in [0, 0.05) is 32.2 Å². The van der Waals surface area contributed by atoms with Gasteiger partial charge in [-0.3, -0.25) is 0 Å². The van der Waals surface area contributed by atoms with Crippen LogP contribution in [0.4, 0.5) is 13.2 Å². The van der Waals surface area contributed by atoms with Gasteiger partial charge in [-0.2, -0.15) is 13.2 Å². The van der Waals surface area contributed by atoms with Crippen molar-refractivity contribution in [3.63, 3.8) is 0 Å². The molecule has 4 nitrogen and oxygen atoms in total. The summed E-state index contributed by atoms with van der Waals surface area (Å²) in [6.45, 7) is 5.56. The third-order valence-corrected chi connectivity index (χ3v) is 4.70. The van der Waals surface area contributed by atoms with Gasteiger partial charge in [0.1, 0.15) is 11.4 Å². The minimum Gasteiger partial charge on any atom is -0.439 e. The molecule has 1 aromatic carbocycles. The van der Waals surface area contributed by atoms with Crippen LogP contribution in [0.2, 0.25) is 0 Å². The number of hydrogen-bond donors (Lipinski definition) is 0. The van der Waals surface area contributed by atoms with Gasteiger partial charge in [0.2, 0.25) is 5.88 Å². The molecule has 0 saturated carbocycles. The molecular weight excluding hydrogens is 355 g/mol. The fraction of sp³-hybridized carbons (Fsp3) is 0.450. The van der Waals surface area contributed by atoms with Crippen LogP contribution in [0.15, 0.2) is 42.5 Å². The van der Waals surface area contributed by atoms with Crippen LogP contribution in [-0.4, -0.2) is 54.6 Å². The minimum absolute atomic E-state index is 0.0624. The molecule has 7 heteroatoms. The van der Waals surface area contributed by atoms with Crippen molar-refractivity contribution in [3.8, 4) is 11.6 Å². The molecule has 3 rings (SSSR count). The molecule has 1 fully saturated rings. The van der Waals surface area contributed by atoms with E-state index in [2.05, 4.69) is 21.8 Å². The second kappa shape index (κ2) is 8.71. The van der Waals surface area contributed by atoms with E-state index in [0.717, 1.165) is 51.6 Å². The summed E-state index contributed by atoms with van der Waals surface area (Å²) in [4.78, 5) is 8.34. The van der Waals surface area contributed by atoms with E-state index in [1.165, 1.54) is 17.7 Å². The van der Waals surface area contributed by atoms with Crippen LogP contribution in [0.1, 0.15) is 17.7 Å². The smallest absolute Gasteiger partial charge is 0.433 e. The van der Waals surface area contributed by atoms with Crippen molar-refractivity contribution in [1.29, 1.82) is 0 Å². The summed E-state index contributed by atoms with van der Waals surface area (Å²) in [5, 5.41) is 0. The SMILES string of the molecule is CN1CCN(CCCc2ccc(Oc3cccc(C(F)(F)F)n3)cc2)CC1. The number of pyridine rings is 1. The van der Waals surface area contributed by atoms with E-state index < -0.39 is 11.9 Å². The van der Waals surface area contributed by atoms with Crippen molar-refractivity contribution >= 4 is 0 Å². The summed E-state index contributed by atoms with van der Waals surface area (Å²) >= 11 is 0. The number of ether oxygens (including phenoxy) is 1. The van der Waals surface area contributed by atoms with Crippen molar-refractivity contribution in [2.45, 2.75) is 19.0 Å². The standard InChI is InChI=1S/C20H24F3N3O/c1-25-12-14-26(15-13-25)11-3-4-16-7-9-17(10-8-16)27-19-6-2-5-18(24-19)20(21,22)23/h2,5-10H,3-4,11-15H2,1H3. The number of hydrogen-bond acceptors (Lipinski definition) is 4. The molecule has 0 spiro atoms. The maximum Gasteiger partial charge on any atom is 0.433 e. The second-order valence-electron chi connectivity index (χ2n) is 6.85. The first kappa shape index (κ1) is 19.6. The van der Waals surface area contributed by atoms with E-state index in [1.54, 1.807) is 12.1 Å². The van der Waals surface area contributed by atoms with Crippen LogP contribution < -0.4 is 4.74 Å². The number of halogens is 3. The van der Waals surface area contributed by atoms with Gasteiger partial charge in [-0.15, -0.1) is 0 Å². The predicted molar refractivity (Wildman–Crippen MR) is 98.0 cm³/mol. The van der Waals surface area contributed by atoms with E-state index >= 15 is 0 Å². The molecule has 2 heterocycles. The van der Waals surface area contributed by atoms with Crippen molar-refractivity contribution in [2.75, 3.05) is 39.8 Å². The molecule has 1 saturated heterocycles. The minimum atomic E-state index is -4.48. The Bertz CT molecular complexity index is 726. The maximum absolute atomic E-state index is 12.7. The Morgan fingerprint density at radius 3 is 2.37 bits per heavy atom. The van der Waals surface area contributed by atoms with E-state index in [0.29, 0.717) is 5.75 Å². The van der Waals surface area contributed by atoms with Crippen LogP contribution >= 0.6 is 0 Å². The Labute approximate surface area is 157 Å². The third-order valence-electron chi connectivity index (χ3n) is 4.70. The van der Waals surface area contributed by atoms with Crippen molar-refractivity contribution in [1.82, 2.24) is 14.8 Å². The summed E-state index contributed by atoms with van der Waals surface area (Å²) in [5.41, 5.74) is 0.231. The number of aromatic nitrogens is 1. The molecule has 1 aliphatic rings. The lowest BCUT2D eigenvalue weighted by Crippen LogP contribution is -2.44. The second-order valence-corrected chi connectivity index (χ2v) is 6.85. The molecule has 27 heavy (non-hydrogen) atoms. The van der Waals surface area contributed by atoms with Gasteiger partial charge in [0.05, 0.1) is 0 Å². The first-order valence-corrected chi connectivity index (χ1v) is 9.12. The maximum atomic E-state index is 12.7. The zero-order chi connectivity index (χ0) is 19.3. The number of piperazine rings is 1. The average Bonchev–Trinajstić information content (AvgIpc) is 2.64. The van der Waals surface area contributed by atoms with E-state index in [4.69, 9.17) is 4.74 Å². The molecule has 1 aromatic heterocycles. The average molecular weight is 379 g/mol. The monoisotopic (exact) mass is 379 g/mol. The van der Waals surface area contributed by atoms with Crippen LogP contribution in [-0.2, 0) is 12.6 Å². The van der Waals surface area contributed by atoms with E-state index in [1.807, 2.05) is 12.1 Å². The molecule has 0 radical (unpaired) electrons. The van der Waals surface area contributed by atoms with Gasteiger partial charge >= 0.3 is 6.18 Å². The lowest BCUT2D eigenvalue weighted by atomic mass is 10.1. The Hall–Kier alpha value is -2.12. The highest BCUT2D eigenvalue weighted by atomic mass is 19.4. The highest BCUT2D eigenvalue weighted by Crippen LogP contribution is 2.29. The lowest BCUT2D eigenvalue weighted by Gasteiger charge is -2.32. The number of rotatable bonds is 6. The van der Waals surface area contributed by atoms with Gasteiger partial charge in [0.15, 0.2) is 0 Å². The summed E-state index contributed by atoms with van der Waals surface area (Å²) in [6, 6.07) is 11.1. The van der Waals surface area contributed by atoms with Crippen LogP contribution in [0.5, 0.6) is 11.6 Å². The molecule has 0 aliphatic carbocycles. The highest BCUT2D eigenvalue weighted by Gasteiger charge is 2.32. The summed E-state index contributed by atoms with van der Waals surface area (Å²) < 4.78 is 43.6. The van der Waals surface area contributed by atoms with Gasteiger partial charge in [-0.1, -0.05) is 18.2 Å². The van der Waals surface area contributed by atoms with Crippen molar-refractivity contribution in [2.24, 2.45) is 0 Å². The summed E-state index contributed by atoms with van der Waals surface area (Å²) in [7, 11) is 2.15. The highest BCUT2D eigenvalue weighted by molar-refractivity contribution is 5.31. The zero-order valence-corrected chi connectivity index (χ0v) is 15.4. The Balaban J connectivity index is 1.49. The number of benzene rings is 1. The summed E-state index contributed by atoms with van der Waals surface area (Å²) in [5.74, 6) is 0.414. The molecule has 1 aliphatic heterocycles. The number of likely N-dealkylation sites (N-methyl/N-ethyl adjacent to an activating group) is 1. The fourth-order valence-corrected chi connectivity index (χ4v) is 3.05. The van der Waals surface area contributed by atoms with Crippen molar-refractivity contribution in [3.05, 3.63) is 53.7 Å². The normalized spacial score (nSPS) is 16.4. The topological polar surface area (TPSA) is 28.6 Å². The van der Waals surface area contributed by atoms with E-state index in [-0.39, 0.29) is 5.88 Å². The Kier molecular flexibility index (Phi) is 6.34. The third kappa shape index (κ3) is 5.94. The number of alkyl halides is 3. The molecule has 0 atom stereocenters. The first-order valence-electron chi connectivity index (χ1n) is 9.12.